The predicted octanol–water partition coefficient (Wildman–Crippen LogP) is -0.722. The first kappa shape index (κ1) is 49.0. The first-order chi connectivity index (χ1) is 25.8. The van der Waals surface area contributed by atoms with Crippen LogP contribution in [0, 0.1) is 22.7 Å². The second-order valence-corrected chi connectivity index (χ2v) is 13.6. The van der Waals surface area contributed by atoms with Gasteiger partial charge in [0.2, 0.25) is 23.6 Å². The van der Waals surface area contributed by atoms with Gasteiger partial charge in [0.15, 0.2) is 6.29 Å². The van der Waals surface area contributed by atoms with E-state index in [1.165, 1.54) is 6.92 Å². The Morgan fingerprint density at radius 3 is 1.85 bits per heavy atom. The average molecular weight is 776 g/mol. The Kier molecular flexibility index (Phi) is 26.6. The molecule has 1 saturated heterocycles. The maximum Gasteiger partial charge on any atom is 0.246 e. The third kappa shape index (κ3) is 21.8. The van der Waals surface area contributed by atoms with Crippen molar-refractivity contribution in [1.82, 2.24) is 21.3 Å². The second kappa shape index (κ2) is 29.3. The summed E-state index contributed by atoms with van der Waals surface area (Å²) in [7, 11) is 0. The van der Waals surface area contributed by atoms with E-state index in [9.17, 15) is 39.8 Å². The van der Waals surface area contributed by atoms with Crippen LogP contribution in [-0.4, -0.2) is 155 Å². The van der Waals surface area contributed by atoms with Crippen molar-refractivity contribution in [2.75, 3.05) is 85.7 Å². The number of aliphatic hydroxyl groups is 3. The number of unbranched alkanes of at least 4 members (excludes halogenated alkanes) is 2. The molecule has 1 unspecified atom stereocenters. The lowest BCUT2D eigenvalue weighted by atomic mass is 9.77. The number of aliphatic hydroxyl groups excluding tert-OH is 3. The first-order valence-corrected chi connectivity index (χ1v) is 18.9. The van der Waals surface area contributed by atoms with E-state index in [4.69, 9.17) is 28.4 Å². The lowest BCUT2D eigenvalue weighted by molar-refractivity contribution is -0.270. The molecule has 54 heavy (non-hydrogen) atoms. The molecule has 7 N–H and O–H groups in total. The quantitative estimate of drug-likeness (QED) is 0.0429. The molecule has 0 aromatic heterocycles. The van der Waals surface area contributed by atoms with Crippen LogP contribution in [0.25, 0.3) is 0 Å². The van der Waals surface area contributed by atoms with Crippen molar-refractivity contribution in [2.45, 2.75) is 103 Å². The van der Waals surface area contributed by atoms with Crippen LogP contribution in [0.4, 0.5) is 0 Å². The molecule has 1 heterocycles. The third-order valence-electron chi connectivity index (χ3n) is 8.84. The van der Waals surface area contributed by atoms with Crippen LogP contribution in [0.5, 0.6) is 0 Å². The van der Waals surface area contributed by atoms with Crippen LogP contribution in [-0.2, 0) is 47.6 Å². The number of rotatable bonds is 31. The van der Waals surface area contributed by atoms with Crippen LogP contribution in [0.1, 0.15) is 72.6 Å². The number of carbonyl (C=O) groups is 4. The van der Waals surface area contributed by atoms with Crippen molar-refractivity contribution in [2.24, 2.45) is 11.3 Å². The Morgan fingerprint density at radius 2 is 1.31 bits per heavy atom. The summed E-state index contributed by atoms with van der Waals surface area (Å²) < 4.78 is 32.9. The summed E-state index contributed by atoms with van der Waals surface area (Å²) in [5.41, 5.74) is -0.519. The SMILES string of the molecule is CC(=O)N[C@H]1[C@H](OCCCCCNC(=O)COCCCOCCNC(=O)COCCCOCCNC(=O)CCC(C)(C#N)C(C)C)O[C@H](CO)[C@H](O)[C@@H]1O. The molecule has 1 rings (SSSR count). The molecule has 18 heteroatoms. The smallest absolute Gasteiger partial charge is 0.246 e. The zero-order chi connectivity index (χ0) is 40.2. The van der Waals surface area contributed by atoms with E-state index in [0.717, 1.165) is 6.42 Å². The maximum absolute atomic E-state index is 12.0. The summed E-state index contributed by atoms with van der Waals surface area (Å²) in [5.74, 6) is -0.838. The van der Waals surface area contributed by atoms with E-state index in [-0.39, 0.29) is 43.5 Å². The van der Waals surface area contributed by atoms with E-state index in [1.807, 2.05) is 20.8 Å². The number of nitrogens with one attached hydrogen (secondary N) is 4. The molecule has 6 atom stereocenters. The van der Waals surface area contributed by atoms with Gasteiger partial charge in [-0.25, -0.2) is 0 Å². The fourth-order valence-corrected chi connectivity index (χ4v) is 5.07. The van der Waals surface area contributed by atoms with Gasteiger partial charge >= 0.3 is 0 Å². The standard InChI is InChI=1S/C36H65N5O13/c1-26(2)36(4,25-37)11-10-29(44)39-13-20-49-15-8-18-52-24-31(46)40-14-21-50-16-9-17-51-23-30(45)38-12-6-5-7-19-53-35-32(41-27(3)43)34(48)33(47)28(22-42)54-35/h26,28,32-35,42,47-48H,5-24H2,1-4H3,(H,38,45)(H,39,44)(H,40,46)(H,41,43)/t28-,32-,33+,34-,35-,36?/m1/s1. The van der Waals surface area contributed by atoms with Crippen molar-refractivity contribution >= 4 is 23.6 Å². The fraction of sp³-hybridized carbons (Fsp3) is 0.861. The van der Waals surface area contributed by atoms with E-state index in [0.29, 0.717) is 97.8 Å². The van der Waals surface area contributed by atoms with Gasteiger partial charge in [-0.1, -0.05) is 13.8 Å². The van der Waals surface area contributed by atoms with Gasteiger partial charge in [0.05, 0.1) is 31.3 Å². The third-order valence-corrected chi connectivity index (χ3v) is 8.84. The van der Waals surface area contributed by atoms with Gasteiger partial charge < -0.3 is 65.0 Å². The van der Waals surface area contributed by atoms with Crippen molar-refractivity contribution in [3.63, 3.8) is 0 Å². The molecule has 1 fully saturated rings. The van der Waals surface area contributed by atoms with Gasteiger partial charge in [-0.05, 0) is 51.4 Å². The highest BCUT2D eigenvalue weighted by molar-refractivity contribution is 5.77. The zero-order valence-electron chi connectivity index (χ0n) is 32.5. The van der Waals surface area contributed by atoms with Crippen LogP contribution < -0.4 is 21.3 Å². The lowest BCUT2D eigenvalue weighted by Gasteiger charge is -2.42. The Bertz CT molecular complexity index is 1110. The van der Waals surface area contributed by atoms with Crippen LogP contribution in [0.3, 0.4) is 0 Å². The highest BCUT2D eigenvalue weighted by Gasteiger charge is 2.45. The summed E-state index contributed by atoms with van der Waals surface area (Å²) in [6.07, 6.45) is -0.756. The van der Waals surface area contributed by atoms with Gasteiger partial charge in [0.1, 0.15) is 37.6 Å². The van der Waals surface area contributed by atoms with Crippen LogP contribution >= 0.6 is 0 Å². The van der Waals surface area contributed by atoms with Gasteiger partial charge in [-0.15, -0.1) is 0 Å². The maximum atomic E-state index is 12.0. The number of carbonyl (C=O) groups excluding carboxylic acids is 4. The predicted molar refractivity (Wildman–Crippen MR) is 194 cm³/mol. The molecule has 1 aliphatic heterocycles. The summed E-state index contributed by atoms with van der Waals surface area (Å²) >= 11 is 0. The Hall–Kier alpha value is -2.99. The summed E-state index contributed by atoms with van der Waals surface area (Å²) in [4.78, 5) is 47.4. The zero-order valence-corrected chi connectivity index (χ0v) is 32.5. The highest BCUT2D eigenvalue weighted by atomic mass is 16.7. The normalized spacial score (nSPS) is 20.8. The summed E-state index contributed by atoms with van der Waals surface area (Å²) in [6, 6.07) is 1.33. The van der Waals surface area contributed by atoms with Crippen molar-refractivity contribution in [1.29, 1.82) is 5.26 Å². The topological polar surface area (TPSA) is 256 Å². The Balaban J connectivity index is 1.91. The minimum absolute atomic E-state index is 0.0691. The number of hydrogen-bond donors (Lipinski definition) is 7. The van der Waals surface area contributed by atoms with Crippen molar-refractivity contribution in [3.8, 4) is 6.07 Å². The number of amides is 4. The Labute approximate surface area is 319 Å². The molecule has 0 spiro atoms. The van der Waals surface area contributed by atoms with Crippen molar-refractivity contribution in [3.05, 3.63) is 0 Å². The van der Waals surface area contributed by atoms with Crippen LogP contribution in [0.2, 0.25) is 0 Å². The van der Waals surface area contributed by atoms with Gasteiger partial charge in [-0.2, -0.15) is 5.26 Å². The number of nitrogens with zero attached hydrogens (tertiary/aromatic N) is 1. The largest absolute Gasteiger partial charge is 0.394 e. The minimum atomic E-state index is -1.37. The van der Waals surface area contributed by atoms with E-state index < -0.39 is 48.6 Å². The molecular weight excluding hydrogens is 710 g/mol. The molecular formula is C36H65N5O13. The summed E-state index contributed by atoms with van der Waals surface area (Å²) in [5, 5.41) is 49.9. The van der Waals surface area contributed by atoms with Gasteiger partial charge in [0, 0.05) is 66.0 Å². The second-order valence-electron chi connectivity index (χ2n) is 13.6. The van der Waals surface area contributed by atoms with E-state index >= 15 is 0 Å². The molecule has 0 saturated carbocycles. The molecule has 0 aromatic rings. The molecule has 18 nitrogen and oxygen atoms in total. The minimum Gasteiger partial charge on any atom is -0.394 e. The molecule has 0 radical (unpaired) electrons. The van der Waals surface area contributed by atoms with Gasteiger partial charge in [0.25, 0.3) is 0 Å². The molecule has 0 aliphatic carbocycles. The number of ether oxygens (including phenoxy) is 6. The lowest BCUT2D eigenvalue weighted by Crippen LogP contribution is -2.64. The fourth-order valence-electron chi connectivity index (χ4n) is 5.07. The van der Waals surface area contributed by atoms with Crippen LogP contribution in [0.15, 0.2) is 0 Å². The van der Waals surface area contributed by atoms with Gasteiger partial charge in [-0.3, -0.25) is 19.2 Å². The van der Waals surface area contributed by atoms with E-state index in [2.05, 4.69) is 27.3 Å². The highest BCUT2D eigenvalue weighted by Crippen LogP contribution is 2.31. The number of nitriles is 1. The Morgan fingerprint density at radius 1 is 0.759 bits per heavy atom. The monoisotopic (exact) mass is 775 g/mol. The van der Waals surface area contributed by atoms with E-state index in [1.54, 1.807) is 0 Å². The van der Waals surface area contributed by atoms with Crippen molar-refractivity contribution < 1.29 is 62.9 Å². The first-order valence-electron chi connectivity index (χ1n) is 18.9. The summed E-state index contributed by atoms with van der Waals surface area (Å²) in [6.45, 7) is 10.1. The molecule has 0 bridgehead atoms. The average Bonchev–Trinajstić information content (AvgIpc) is 3.14. The molecule has 4 amide bonds. The molecule has 0 aromatic carbocycles. The number of hydrogen-bond acceptors (Lipinski definition) is 14. The molecule has 1 aliphatic rings. The molecule has 312 valence electrons.